The van der Waals surface area contributed by atoms with Crippen molar-refractivity contribution in [3.63, 3.8) is 0 Å². The van der Waals surface area contributed by atoms with E-state index < -0.39 is 0 Å². The highest BCUT2D eigenvalue weighted by molar-refractivity contribution is 5.98. The molecule has 0 aliphatic heterocycles. The number of fused-ring (bicyclic) bond motifs is 1. The van der Waals surface area contributed by atoms with Crippen LogP contribution in [0, 0.1) is 0 Å². The number of aryl methyl sites for hydroxylation is 1. The number of aromatic nitrogens is 4. The zero-order chi connectivity index (χ0) is 24.0. The van der Waals surface area contributed by atoms with Crippen molar-refractivity contribution in [3.8, 4) is 0 Å². The molecule has 2 heterocycles. The predicted molar refractivity (Wildman–Crippen MR) is 130 cm³/mol. The first-order valence-corrected chi connectivity index (χ1v) is 11.6. The third kappa shape index (κ3) is 6.84. The van der Waals surface area contributed by atoms with Crippen molar-refractivity contribution < 1.29 is 9.59 Å². The van der Waals surface area contributed by atoms with Gasteiger partial charge in [0.2, 0.25) is 5.91 Å². The molecule has 0 aliphatic carbocycles. The third-order valence-electron chi connectivity index (χ3n) is 5.26. The van der Waals surface area contributed by atoms with E-state index in [4.69, 9.17) is 10.7 Å². The number of Topliss-reactive ketones (excluding diaryl/α,β-unsaturated/α-hetero) is 1. The zero-order valence-corrected chi connectivity index (χ0v) is 20.0. The highest BCUT2D eigenvalue weighted by Gasteiger charge is 2.16. The molecule has 1 aromatic carbocycles. The lowest BCUT2D eigenvalue weighted by Crippen LogP contribution is -2.40. The molecule has 0 unspecified atom stereocenters. The minimum Gasteiger partial charge on any atom is -0.382 e. The van der Waals surface area contributed by atoms with Crippen molar-refractivity contribution in [1.82, 2.24) is 24.8 Å². The first kappa shape index (κ1) is 24.4. The quantitative estimate of drug-likeness (QED) is 0.355. The summed E-state index contributed by atoms with van der Waals surface area (Å²) in [5, 5.41) is 2.88. The van der Waals surface area contributed by atoms with Crippen LogP contribution in [0.15, 0.2) is 30.6 Å². The number of imidazole rings is 1. The molecule has 2 aromatic heterocycles. The molecule has 176 valence electrons. The molecule has 0 bridgehead atoms. The van der Waals surface area contributed by atoms with E-state index in [1.54, 1.807) is 18.5 Å². The molecule has 0 atom stereocenters. The monoisotopic (exact) mass is 450 g/mol. The van der Waals surface area contributed by atoms with Crippen molar-refractivity contribution in [2.75, 3.05) is 5.73 Å². The van der Waals surface area contributed by atoms with Crippen LogP contribution in [0.4, 0.5) is 5.82 Å². The zero-order valence-electron chi connectivity index (χ0n) is 20.0. The molecule has 0 fully saturated rings. The van der Waals surface area contributed by atoms with Crippen molar-refractivity contribution in [3.05, 3.63) is 47.5 Å². The number of amides is 1. The summed E-state index contributed by atoms with van der Waals surface area (Å²) in [4.78, 5) is 37.9. The summed E-state index contributed by atoms with van der Waals surface area (Å²) >= 11 is 0. The van der Waals surface area contributed by atoms with Gasteiger partial charge in [0.05, 0.1) is 12.9 Å². The second kappa shape index (κ2) is 10.6. The fourth-order valence-electron chi connectivity index (χ4n) is 3.62. The van der Waals surface area contributed by atoms with Gasteiger partial charge in [-0.1, -0.05) is 44.0 Å². The van der Waals surface area contributed by atoms with Crippen molar-refractivity contribution >= 4 is 28.7 Å². The molecule has 0 saturated carbocycles. The smallest absolute Gasteiger partial charge is 0.220 e. The van der Waals surface area contributed by atoms with Crippen molar-refractivity contribution in [2.45, 2.75) is 78.3 Å². The molecule has 0 spiro atoms. The summed E-state index contributed by atoms with van der Waals surface area (Å²) in [6, 6.07) is 7.44. The molecule has 8 heteroatoms. The Kier molecular flexibility index (Phi) is 7.79. The van der Waals surface area contributed by atoms with E-state index in [1.807, 2.05) is 37.5 Å². The standard InChI is InChI=1S/C25H34N6O2/c1-5-6-7-8-20-28-23(26)22-24(29-20)31(16-27-22)15-17-9-11-18(12-10-17)19(32)13-14-21(33)30-25(2,3)4/h9-12,16H,5-8,13-15H2,1-4H3,(H,30,33)(H2,26,28,29). The summed E-state index contributed by atoms with van der Waals surface area (Å²) in [6.45, 7) is 8.48. The number of rotatable bonds is 10. The van der Waals surface area contributed by atoms with Gasteiger partial charge in [0.1, 0.15) is 11.3 Å². The second-order valence-electron chi connectivity index (χ2n) is 9.45. The van der Waals surface area contributed by atoms with Gasteiger partial charge in [-0.2, -0.15) is 0 Å². The van der Waals surface area contributed by atoms with E-state index in [-0.39, 0.29) is 30.1 Å². The number of carbonyl (C=O) groups is 2. The number of hydrogen-bond donors (Lipinski definition) is 2. The van der Waals surface area contributed by atoms with Crippen LogP contribution < -0.4 is 11.1 Å². The van der Waals surface area contributed by atoms with E-state index >= 15 is 0 Å². The van der Waals surface area contributed by atoms with Gasteiger partial charge in [0.25, 0.3) is 0 Å². The molecule has 3 N–H and O–H groups in total. The summed E-state index contributed by atoms with van der Waals surface area (Å²) in [5.41, 5.74) is 8.75. The normalized spacial score (nSPS) is 11.6. The number of nitrogens with zero attached hydrogens (tertiary/aromatic N) is 4. The van der Waals surface area contributed by atoms with Gasteiger partial charge in [-0.25, -0.2) is 15.0 Å². The highest BCUT2D eigenvalue weighted by Crippen LogP contribution is 2.19. The van der Waals surface area contributed by atoms with Crippen molar-refractivity contribution in [2.24, 2.45) is 0 Å². The average molecular weight is 451 g/mol. The number of nitrogens with one attached hydrogen (secondary N) is 1. The number of ketones is 1. The minimum absolute atomic E-state index is 0.0454. The number of nitrogen functional groups attached to an aromatic ring is 1. The molecular weight excluding hydrogens is 416 g/mol. The lowest BCUT2D eigenvalue weighted by molar-refractivity contribution is -0.122. The molecule has 3 rings (SSSR count). The maximum Gasteiger partial charge on any atom is 0.220 e. The molecule has 3 aromatic rings. The highest BCUT2D eigenvalue weighted by atomic mass is 16.2. The summed E-state index contributed by atoms with van der Waals surface area (Å²) < 4.78 is 1.95. The van der Waals surface area contributed by atoms with Gasteiger partial charge in [0, 0.05) is 30.4 Å². The maximum atomic E-state index is 12.5. The average Bonchev–Trinajstić information content (AvgIpc) is 3.15. The number of nitrogens with two attached hydrogens (primary N) is 1. The van der Waals surface area contributed by atoms with Gasteiger partial charge in [-0.3, -0.25) is 9.59 Å². The van der Waals surface area contributed by atoms with E-state index in [2.05, 4.69) is 22.2 Å². The Balaban J connectivity index is 1.65. The summed E-state index contributed by atoms with van der Waals surface area (Å²) in [7, 11) is 0. The van der Waals surface area contributed by atoms with E-state index in [0.29, 0.717) is 23.4 Å². The van der Waals surface area contributed by atoms with E-state index in [0.717, 1.165) is 42.7 Å². The Labute approximate surface area is 195 Å². The van der Waals surface area contributed by atoms with Gasteiger partial charge < -0.3 is 15.6 Å². The van der Waals surface area contributed by atoms with E-state index in [9.17, 15) is 9.59 Å². The number of hydrogen-bond acceptors (Lipinski definition) is 6. The lowest BCUT2D eigenvalue weighted by atomic mass is 10.0. The van der Waals surface area contributed by atoms with Crippen LogP contribution in [0.1, 0.15) is 81.5 Å². The van der Waals surface area contributed by atoms with Crippen molar-refractivity contribution in [1.29, 1.82) is 0 Å². The van der Waals surface area contributed by atoms with Crippen LogP contribution in [-0.2, 0) is 17.8 Å². The van der Waals surface area contributed by atoms with Crippen LogP contribution in [-0.4, -0.2) is 36.7 Å². The summed E-state index contributed by atoms with van der Waals surface area (Å²) in [5.74, 6) is 0.985. The SMILES string of the molecule is CCCCCc1nc(N)c2ncn(Cc3ccc(C(=O)CCC(=O)NC(C)(C)C)cc3)c2n1. The molecule has 33 heavy (non-hydrogen) atoms. The number of anilines is 1. The van der Waals surface area contributed by atoms with Crippen LogP contribution in [0.25, 0.3) is 11.2 Å². The number of carbonyl (C=O) groups excluding carboxylic acids is 2. The minimum atomic E-state index is -0.300. The Morgan fingerprint density at radius 3 is 2.45 bits per heavy atom. The Morgan fingerprint density at radius 2 is 1.79 bits per heavy atom. The van der Waals surface area contributed by atoms with Crippen LogP contribution in [0.3, 0.4) is 0 Å². The van der Waals surface area contributed by atoms with E-state index in [1.165, 1.54) is 0 Å². The molecule has 8 nitrogen and oxygen atoms in total. The van der Waals surface area contributed by atoms with Gasteiger partial charge in [0.15, 0.2) is 17.2 Å². The lowest BCUT2D eigenvalue weighted by Gasteiger charge is -2.20. The predicted octanol–water partition coefficient (Wildman–Crippen LogP) is 4.07. The maximum absolute atomic E-state index is 12.5. The van der Waals surface area contributed by atoms with Crippen LogP contribution in [0.2, 0.25) is 0 Å². The van der Waals surface area contributed by atoms with Gasteiger partial charge >= 0.3 is 0 Å². The largest absolute Gasteiger partial charge is 0.382 e. The third-order valence-corrected chi connectivity index (χ3v) is 5.26. The fourth-order valence-corrected chi connectivity index (χ4v) is 3.62. The van der Waals surface area contributed by atoms with Crippen LogP contribution >= 0.6 is 0 Å². The Bertz CT molecular complexity index is 1110. The second-order valence-corrected chi connectivity index (χ2v) is 9.45. The molecule has 0 saturated heterocycles. The Morgan fingerprint density at radius 1 is 1.06 bits per heavy atom. The number of unbranched alkanes of at least 4 members (excludes halogenated alkanes) is 2. The molecular formula is C25H34N6O2. The van der Waals surface area contributed by atoms with Gasteiger partial charge in [-0.05, 0) is 32.8 Å². The molecule has 0 radical (unpaired) electrons. The first-order valence-electron chi connectivity index (χ1n) is 11.6. The first-order chi connectivity index (χ1) is 15.7. The summed E-state index contributed by atoms with van der Waals surface area (Å²) in [6.07, 6.45) is 6.18. The van der Waals surface area contributed by atoms with Crippen LogP contribution in [0.5, 0.6) is 0 Å². The Hall–Kier alpha value is -3.29. The topological polar surface area (TPSA) is 116 Å². The number of benzene rings is 1. The van der Waals surface area contributed by atoms with Gasteiger partial charge in [-0.15, -0.1) is 0 Å². The fraction of sp³-hybridized carbons (Fsp3) is 0.480. The molecule has 1 amide bonds. The molecule has 0 aliphatic rings.